The average molecular weight is 449 g/mol. The number of phenols is 1. The molecule has 2 aliphatic heterocycles. The van der Waals surface area contributed by atoms with E-state index >= 15 is 0 Å². The lowest BCUT2D eigenvalue weighted by atomic mass is 9.43. The molecule has 2 heterocycles. The van der Waals surface area contributed by atoms with Crippen LogP contribution in [0.4, 0.5) is 0 Å². The molecular weight excluding hydrogens is 412 g/mol. The number of aliphatic hydroxyl groups is 2. The molecule has 0 bridgehead atoms. The molecule has 32 heavy (non-hydrogen) atoms. The Balaban J connectivity index is 1.66. The summed E-state index contributed by atoms with van der Waals surface area (Å²) < 4.78 is 23.9. The van der Waals surface area contributed by atoms with E-state index in [1.807, 2.05) is 0 Å². The molecule has 0 aromatic heterocycles. The van der Waals surface area contributed by atoms with Gasteiger partial charge in [-0.05, 0) is 42.6 Å². The molecule has 2 unspecified atom stereocenters. The normalized spacial score (nSPS) is 44.1. The lowest BCUT2D eigenvalue weighted by Gasteiger charge is -2.64. The van der Waals surface area contributed by atoms with Gasteiger partial charge in [-0.25, -0.2) is 0 Å². The number of fused-ring (bicyclic) bond motifs is 5. The van der Waals surface area contributed by atoms with Crippen LogP contribution in [-0.4, -0.2) is 47.3 Å². The molecule has 0 amide bonds. The third kappa shape index (κ3) is 2.60. The van der Waals surface area contributed by atoms with Gasteiger partial charge in [-0.15, -0.1) is 0 Å². The highest BCUT2D eigenvalue weighted by Gasteiger charge is 2.69. The van der Waals surface area contributed by atoms with Crippen LogP contribution < -0.4 is 4.74 Å². The first-order valence-corrected chi connectivity index (χ1v) is 11.7. The predicted molar refractivity (Wildman–Crippen MR) is 116 cm³/mol. The number of benzene rings is 1. The summed E-state index contributed by atoms with van der Waals surface area (Å²) in [5.74, 6) is 1.16. The molecule has 2 aliphatic carbocycles. The third-order valence-electron chi connectivity index (χ3n) is 9.40. The second-order valence-corrected chi connectivity index (χ2v) is 11.1. The fourth-order valence-corrected chi connectivity index (χ4v) is 7.71. The molecule has 7 heteroatoms. The van der Waals surface area contributed by atoms with Gasteiger partial charge in [0.2, 0.25) is 0 Å². The zero-order valence-electron chi connectivity index (χ0n) is 19.8. The Hall–Kier alpha value is -1.38. The molecule has 0 saturated heterocycles. The van der Waals surface area contributed by atoms with Crippen LogP contribution in [0, 0.1) is 22.7 Å². The summed E-state index contributed by atoms with van der Waals surface area (Å²) in [5.41, 5.74) is 0.787. The predicted octanol–water partition coefficient (Wildman–Crippen LogP) is 3.59. The average Bonchev–Trinajstić information content (AvgIpc) is 3.31. The number of rotatable bonds is 2. The molecule has 1 aromatic carbocycles. The van der Waals surface area contributed by atoms with Gasteiger partial charge < -0.3 is 34.3 Å². The van der Waals surface area contributed by atoms with Crippen molar-refractivity contribution in [1.82, 2.24) is 0 Å². The van der Waals surface area contributed by atoms with Gasteiger partial charge in [0.05, 0.1) is 17.8 Å². The van der Waals surface area contributed by atoms with Crippen molar-refractivity contribution in [3.63, 3.8) is 0 Å². The number of aliphatic hydroxyl groups excluding tert-OH is 2. The molecular formula is C25H36O7. The molecule has 2 fully saturated rings. The lowest BCUT2D eigenvalue weighted by Crippen LogP contribution is -2.69. The summed E-state index contributed by atoms with van der Waals surface area (Å²) in [6.07, 6.45) is 0.0383. The molecule has 1 aromatic rings. The van der Waals surface area contributed by atoms with Gasteiger partial charge in [0, 0.05) is 37.2 Å². The van der Waals surface area contributed by atoms with E-state index in [0.29, 0.717) is 18.6 Å². The van der Waals surface area contributed by atoms with Crippen molar-refractivity contribution in [3.05, 3.63) is 22.8 Å². The number of phenolic OH excluding ortho intramolecular Hbond substituents is 1. The van der Waals surface area contributed by atoms with Crippen LogP contribution in [0.1, 0.15) is 76.2 Å². The molecule has 4 aliphatic rings. The van der Waals surface area contributed by atoms with E-state index in [2.05, 4.69) is 27.7 Å². The number of hydrogen-bond acceptors (Lipinski definition) is 7. The van der Waals surface area contributed by atoms with Crippen LogP contribution in [0.5, 0.6) is 11.5 Å². The maximum absolute atomic E-state index is 11.0. The van der Waals surface area contributed by atoms with Crippen LogP contribution in [0.25, 0.3) is 0 Å². The van der Waals surface area contributed by atoms with E-state index in [1.165, 1.54) is 0 Å². The van der Waals surface area contributed by atoms with Gasteiger partial charge in [0.25, 0.3) is 0 Å². The topological polar surface area (TPSA) is 97.6 Å². The molecule has 8 atom stereocenters. The van der Waals surface area contributed by atoms with Crippen LogP contribution in [0.15, 0.2) is 6.07 Å². The highest BCUT2D eigenvalue weighted by Crippen LogP contribution is 2.67. The largest absolute Gasteiger partial charge is 0.508 e. The SMILES string of the molecule is COC1OC(OC)c2c1cc(O)c1c2O[C@]2(C1)[C@H](C)CC[C@H]1C(C)(C)[C@H](O)[C@H](O)C[C@@]12C. The summed E-state index contributed by atoms with van der Waals surface area (Å²) in [7, 11) is 3.14. The summed E-state index contributed by atoms with van der Waals surface area (Å²) >= 11 is 0. The standard InChI is InChI=1S/C25H36O7/c1-12-7-8-17-23(2,3)20(28)16(27)11-24(17,4)25(12)10-14-15(26)9-13-18(19(14)32-25)22(30-6)31-21(13)29-5/h9,12,16-17,20-22,26-28H,7-8,10-11H2,1-6H3/t12-,16-,17+,20-,21?,22?,24+,25-/m1/s1. The van der Waals surface area contributed by atoms with Crippen LogP contribution in [0.2, 0.25) is 0 Å². The molecule has 178 valence electrons. The summed E-state index contributed by atoms with van der Waals surface area (Å²) in [6.45, 7) is 8.52. The fraction of sp³-hybridized carbons (Fsp3) is 0.760. The van der Waals surface area contributed by atoms with Crippen LogP contribution >= 0.6 is 0 Å². The van der Waals surface area contributed by atoms with Gasteiger partial charge in [0.15, 0.2) is 12.6 Å². The maximum atomic E-state index is 11.0. The van der Waals surface area contributed by atoms with Gasteiger partial charge >= 0.3 is 0 Å². The third-order valence-corrected chi connectivity index (χ3v) is 9.40. The number of methoxy groups -OCH3 is 2. The fourth-order valence-electron chi connectivity index (χ4n) is 7.71. The molecule has 3 N–H and O–H groups in total. The molecule has 1 spiro atoms. The van der Waals surface area contributed by atoms with Crippen molar-refractivity contribution < 1.29 is 34.3 Å². The van der Waals surface area contributed by atoms with Gasteiger partial charge in [0.1, 0.15) is 17.1 Å². The molecule has 7 nitrogen and oxygen atoms in total. The Kier molecular flexibility index (Phi) is 4.95. The van der Waals surface area contributed by atoms with E-state index < -0.39 is 41.2 Å². The summed E-state index contributed by atoms with van der Waals surface area (Å²) in [6, 6.07) is 1.71. The Labute approximate surface area is 189 Å². The summed E-state index contributed by atoms with van der Waals surface area (Å²) in [5, 5.41) is 32.8. The van der Waals surface area contributed by atoms with E-state index in [9.17, 15) is 15.3 Å². The van der Waals surface area contributed by atoms with Crippen LogP contribution in [-0.2, 0) is 20.6 Å². The quantitative estimate of drug-likeness (QED) is 0.636. The van der Waals surface area contributed by atoms with Gasteiger partial charge in [-0.1, -0.05) is 27.7 Å². The van der Waals surface area contributed by atoms with E-state index in [4.69, 9.17) is 18.9 Å². The van der Waals surface area contributed by atoms with Crippen LogP contribution in [0.3, 0.4) is 0 Å². The number of hydrogen-bond donors (Lipinski definition) is 3. The summed E-state index contributed by atoms with van der Waals surface area (Å²) in [4.78, 5) is 0. The van der Waals surface area contributed by atoms with Crippen molar-refractivity contribution in [2.24, 2.45) is 22.7 Å². The number of ether oxygens (including phenoxy) is 4. The lowest BCUT2D eigenvalue weighted by molar-refractivity contribution is -0.241. The first kappa shape index (κ1) is 22.4. The number of aromatic hydroxyl groups is 1. The van der Waals surface area contributed by atoms with Crippen molar-refractivity contribution in [2.75, 3.05) is 14.2 Å². The van der Waals surface area contributed by atoms with E-state index in [0.717, 1.165) is 29.5 Å². The Morgan fingerprint density at radius 2 is 1.75 bits per heavy atom. The Bertz CT molecular complexity index is 929. The zero-order chi connectivity index (χ0) is 23.2. The van der Waals surface area contributed by atoms with E-state index in [1.54, 1.807) is 20.3 Å². The monoisotopic (exact) mass is 448 g/mol. The molecule has 2 saturated carbocycles. The Morgan fingerprint density at radius 1 is 1.06 bits per heavy atom. The zero-order valence-corrected chi connectivity index (χ0v) is 19.8. The molecule has 0 radical (unpaired) electrons. The van der Waals surface area contributed by atoms with Crippen molar-refractivity contribution in [3.8, 4) is 11.5 Å². The van der Waals surface area contributed by atoms with Crippen molar-refractivity contribution in [2.45, 2.75) is 83.8 Å². The van der Waals surface area contributed by atoms with Gasteiger partial charge in [-0.3, -0.25) is 0 Å². The molecule has 5 rings (SSSR count). The minimum Gasteiger partial charge on any atom is -0.508 e. The Morgan fingerprint density at radius 3 is 2.41 bits per heavy atom. The highest BCUT2D eigenvalue weighted by atomic mass is 16.8. The van der Waals surface area contributed by atoms with Crippen molar-refractivity contribution >= 4 is 0 Å². The van der Waals surface area contributed by atoms with Gasteiger partial charge in [-0.2, -0.15) is 0 Å². The first-order valence-electron chi connectivity index (χ1n) is 11.7. The second kappa shape index (κ2) is 7.06. The highest BCUT2D eigenvalue weighted by molar-refractivity contribution is 5.59. The van der Waals surface area contributed by atoms with Crippen molar-refractivity contribution in [1.29, 1.82) is 0 Å². The van der Waals surface area contributed by atoms with E-state index in [-0.39, 0.29) is 17.6 Å². The smallest absolute Gasteiger partial charge is 0.190 e. The maximum Gasteiger partial charge on any atom is 0.190 e. The minimum absolute atomic E-state index is 0.162. The minimum atomic E-state index is -0.826. The first-order chi connectivity index (χ1) is 15.0. The second-order valence-electron chi connectivity index (χ2n) is 11.1.